The summed E-state index contributed by atoms with van der Waals surface area (Å²) in [6.07, 6.45) is -3.74. The lowest BCUT2D eigenvalue weighted by atomic mass is 10.0. The molecule has 0 atom stereocenters. The summed E-state index contributed by atoms with van der Waals surface area (Å²) in [5.41, 5.74) is 2.36. The number of benzene rings is 2. The fourth-order valence-electron chi connectivity index (χ4n) is 2.60. The van der Waals surface area contributed by atoms with Gasteiger partial charge < -0.3 is 4.74 Å². The minimum atomic E-state index is -4.62. The van der Waals surface area contributed by atoms with Gasteiger partial charge in [0.1, 0.15) is 6.61 Å². The van der Waals surface area contributed by atoms with E-state index in [-0.39, 0.29) is 12.3 Å². The van der Waals surface area contributed by atoms with Crippen LogP contribution in [0.4, 0.5) is 23.7 Å². The predicted octanol–water partition coefficient (Wildman–Crippen LogP) is 6.48. The number of pyridine rings is 1. The molecule has 0 spiro atoms. The van der Waals surface area contributed by atoms with Crippen molar-refractivity contribution in [3.63, 3.8) is 0 Å². The quantitative estimate of drug-likeness (QED) is 0.525. The Morgan fingerprint density at radius 2 is 1.90 bits per heavy atom. The number of aryl methyl sites for hydroxylation is 1. The van der Waals surface area contributed by atoms with Crippen LogP contribution in [-0.2, 0) is 17.5 Å². The van der Waals surface area contributed by atoms with Crippen LogP contribution in [0.1, 0.15) is 16.8 Å². The number of ether oxygens (including phenoxy) is 1. The fraction of sp³-hybridized carbons (Fsp3) is 0.143. The number of alkyl halides is 3. The number of aromatic nitrogens is 1. The molecule has 0 aliphatic heterocycles. The van der Waals surface area contributed by atoms with Gasteiger partial charge in [-0.1, -0.05) is 35.9 Å². The molecule has 4 nitrogen and oxygen atoms in total. The van der Waals surface area contributed by atoms with Gasteiger partial charge in [0, 0.05) is 23.1 Å². The first-order valence-corrected chi connectivity index (χ1v) is 8.92. The van der Waals surface area contributed by atoms with Crippen LogP contribution in [0.25, 0.3) is 11.1 Å². The van der Waals surface area contributed by atoms with Gasteiger partial charge in [-0.2, -0.15) is 13.2 Å². The Labute approximate surface area is 170 Å². The average molecular weight is 421 g/mol. The van der Waals surface area contributed by atoms with Gasteiger partial charge >= 0.3 is 12.3 Å². The van der Waals surface area contributed by atoms with Gasteiger partial charge in [-0.15, -0.1) is 0 Å². The van der Waals surface area contributed by atoms with Crippen molar-refractivity contribution in [3.05, 3.63) is 82.6 Å². The molecule has 1 aromatic heterocycles. The van der Waals surface area contributed by atoms with Crippen LogP contribution in [0.3, 0.4) is 0 Å². The number of carbonyl (C=O) groups excluding carboxylic acids is 1. The maximum absolute atomic E-state index is 12.9. The third kappa shape index (κ3) is 5.48. The summed E-state index contributed by atoms with van der Waals surface area (Å²) >= 11 is 5.56. The zero-order valence-corrected chi connectivity index (χ0v) is 16.0. The van der Waals surface area contributed by atoms with Crippen LogP contribution >= 0.6 is 11.6 Å². The van der Waals surface area contributed by atoms with Gasteiger partial charge in [-0.25, -0.2) is 4.79 Å². The summed E-state index contributed by atoms with van der Waals surface area (Å²) in [5, 5.41) is 1.83. The number of nitrogens with zero attached hydrogens (tertiary/aromatic N) is 1. The molecule has 0 aliphatic rings. The summed E-state index contributed by atoms with van der Waals surface area (Å²) in [5.74, 6) is 0. The molecule has 0 aliphatic carbocycles. The molecule has 0 radical (unpaired) electrons. The number of anilines is 1. The van der Waals surface area contributed by atoms with Crippen LogP contribution in [0.5, 0.6) is 0 Å². The summed E-state index contributed by atoms with van der Waals surface area (Å²) in [6, 6.07) is 14.3. The van der Waals surface area contributed by atoms with E-state index in [9.17, 15) is 18.0 Å². The van der Waals surface area contributed by atoms with Crippen molar-refractivity contribution in [3.8, 4) is 11.1 Å². The van der Waals surface area contributed by atoms with Crippen molar-refractivity contribution < 1.29 is 22.7 Å². The summed E-state index contributed by atoms with van der Waals surface area (Å²) in [6.45, 7) is 1.85. The van der Waals surface area contributed by atoms with E-state index < -0.39 is 22.9 Å². The number of nitrogens with one attached hydrogen (secondary N) is 1. The van der Waals surface area contributed by atoms with Gasteiger partial charge in [0.05, 0.1) is 10.6 Å². The number of hydrogen-bond acceptors (Lipinski definition) is 3. The van der Waals surface area contributed by atoms with Crippen molar-refractivity contribution in [2.75, 3.05) is 5.32 Å². The van der Waals surface area contributed by atoms with E-state index in [1.54, 1.807) is 12.3 Å². The number of hydrogen-bond donors (Lipinski definition) is 1. The highest BCUT2D eigenvalue weighted by atomic mass is 35.5. The highest BCUT2D eigenvalue weighted by Crippen LogP contribution is 2.36. The number of amides is 1. The molecule has 0 bridgehead atoms. The number of halogens is 4. The molecule has 8 heteroatoms. The van der Waals surface area contributed by atoms with Crippen molar-refractivity contribution in [1.82, 2.24) is 4.98 Å². The Bertz CT molecular complexity index is 1020. The van der Waals surface area contributed by atoms with E-state index in [1.165, 1.54) is 6.07 Å². The van der Waals surface area contributed by atoms with Crippen LogP contribution < -0.4 is 5.32 Å². The largest absolute Gasteiger partial charge is 0.444 e. The first-order chi connectivity index (χ1) is 13.7. The molecule has 0 saturated carbocycles. The molecular formula is C21H16ClF3N2O2. The molecule has 1 N–H and O–H groups in total. The van der Waals surface area contributed by atoms with E-state index in [1.807, 2.05) is 37.3 Å². The minimum absolute atomic E-state index is 0.0430. The van der Waals surface area contributed by atoms with Gasteiger partial charge in [-0.05, 0) is 48.4 Å². The van der Waals surface area contributed by atoms with Crippen LogP contribution in [0, 0.1) is 6.92 Å². The van der Waals surface area contributed by atoms with E-state index in [2.05, 4.69) is 10.3 Å². The predicted molar refractivity (Wildman–Crippen MR) is 105 cm³/mol. The molecule has 2 aromatic carbocycles. The first kappa shape index (κ1) is 20.7. The molecule has 0 saturated heterocycles. The van der Waals surface area contributed by atoms with Crippen molar-refractivity contribution in [1.29, 1.82) is 0 Å². The third-order valence-corrected chi connectivity index (χ3v) is 4.39. The SMILES string of the molecule is Cc1ccc(-c2cccc(COC(=O)Nc3ccc(Cl)c(C(F)(F)F)c3)c2)cn1. The minimum Gasteiger partial charge on any atom is -0.444 e. The maximum Gasteiger partial charge on any atom is 0.417 e. The Morgan fingerprint density at radius 1 is 1.10 bits per heavy atom. The molecular weight excluding hydrogens is 405 g/mol. The van der Waals surface area contributed by atoms with E-state index >= 15 is 0 Å². The van der Waals surface area contributed by atoms with Crippen molar-refractivity contribution in [2.24, 2.45) is 0 Å². The highest BCUT2D eigenvalue weighted by molar-refractivity contribution is 6.31. The summed E-state index contributed by atoms with van der Waals surface area (Å²) in [7, 11) is 0. The van der Waals surface area contributed by atoms with Crippen LogP contribution in [0.15, 0.2) is 60.8 Å². The van der Waals surface area contributed by atoms with E-state index in [4.69, 9.17) is 16.3 Å². The number of rotatable bonds is 4. The molecule has 3 rings (SSSR count). The highest BCUT2D eigenvalue weighted by Gasteiger charge is 2.33. The second-order valence-electron chi connectivity index (χ2n) is 6.28. The molecule has 0 fully saturated rings. The molecule has 1 heterocycles. The van der Waals surface area contributed by atoms with Crippen molar-refractivity contribution in [2.45, 2.75) is 19.7 Å². The zero-order valence-electron chi connectivity index (χ0n) is 15.3. The maximum atomic E-state index is 12.9. The van der Waals surface area contributed by atoms with Gasteiger partial charge in [0.25, 0.3) is 0 Å². The van der Waals surface area contributed by atoms with Gasteiger partial charge in [-0.3, -0.25) is 10.3 Å². The normalized spacial score (nSPS) is 11.2. The Kier molecular flexibility index (Phi) is 6.08. The Hall–Kier alpha value is -3.06. The zero-order chi connectivity index (χ0) is 21.0. The topological polar surface area (TPSA) is 51.2 Å². The van der Waals surface area contributed by atoms with Gasteiger partial charge in [0.15, 0.2) is 0 Å². The second kappa shape index (κ2) is 8.53. The smallest absolute Gasteiger partial charge is 0.417 e. The second-order valence-corrected chi connectivity index (χ2v) is 6.69. The third-order valence-electron chi connectivity index (χ3n) is 4.06. The first-order valence-electron chi connectivity index (χ1n) is 8.55. The lowest BCUT2D eigenvalue weighted by Gasteiger charge is -2.12. The lowest BCUT2D eigenvalue weighted by molar-refractivity contribution is -0.137. The monoisotopic (exact) mass is 420 g/mol. The van der Waals surface area contributed by atoms with Gasteiger partial charge in [0.2, 0.25) is 0 Å². The molecule has 0 unspecified atom stereocenters. The molecule has 3 aromatic rings. The fourth-order valence-corrected chi connectivity index (χ4v) is 2.83. The molecule has 1 amide bonds. The van der Waals surface area contributed by atoms with Crippen LogP contribution in [-0.4, -0.2) is 11.1 Å². The molecule has 150 valence electrons. The van der Waals surface area contributed by atoms with E-state index in [0.717, 1.165) is 34.5 Å². The average Bonchev–Trinajstić information content (AvgIpc) is 2.68. The lowest BCUT2D eigenvalue weighted by Crippen LogP contribution is -2.14. The Morgan fingerprint density at radius 3 is 2.59 bits per heavy atom. The van der Waals surface area contributed by atoms with Crippen LogP contribution in [0.2, 0.25) is 5.02 Å². The standard InChI is InChI=1S/C21H16ClF3N2O2/c1-13-5-6-16(11-26-13)15-4-2-3-14(9-15)12-29-20(28)27-17-7-8-19(22)18(10-17)21(23,24)25/h2-11H,12H2,1H3,(H,27,28). The van der Waals surface area contributed by atoms with E-state index in [0.29, 0.717) is 0 Å². The summed E-state index contributed by atoms with van der Waals surface area (Å²) in [4.78, 5) is 16.2. The Balaban J connectivity index is 1.64. The molecule has 29 heavy (non-hydrogen) atoms. The summed E-state index contributed by atoms with van der Waals surface area (Å²) < 4.78 is 43.8. The number of carbonyl (C=O) groups is 1. The van der Waals surface area contributed by atoms with Crippen molar-refractivity contribution >= 4 is 23.4 Å².